The quantitative estimate of drug-likeness (QED) is 0.886. The van der Waals surface area contributed by atoms with Gasteiger partial charge < -0.3 is 14.4 Å². The summed E-state index contributed by atoms with van der Waals surface area (Å²) >= 11 is 0. The summed E-state index contributed by atoms with van der Waals surface area (Å²) in [5.41, 5.74) is 0.628. The first-order valence-corrected chi connectivity index (χ1v) is 6.43. The molecule has 0 saturated carbocycles. The van der Waals surface area contributed by atoms with Gasteiger partial charge in [-0.2, -0.15) is 4.98 Å². The summed E-state index contributed by atoms with van der Waals surface area (Å²) in [7, 11) is 0. The molecule has 0 radical (unpaired) electrons. The van der Waals surface area contributed by atoms with Crippen molar-refractivity contribution in [2.75, 3.05) is 0 Å². The zero-order chi connectivity index (χ0) is 12.8. The van der Waals surface area contributed by atoms with E-state index >= 15 is 0 Å². The molecule has 3 unspecified atom stereocenters. The second-order valence-electron chi connectivity index (χ2n) is 5.11. The van der Waals surface area contributed by atoms with Gasteiger partial charge in [0.15, 0.2) is 5.82 Å². The Kier molecular flexibility index (Phi) is 2.32. The van der Waals surface area contributed by atoms with E-state index in [1.54, 1.807) is 12.3 Å². The normalized spacial score (nSPS) is 28.9. The van der Waals surface area contributed by atoms with Crippen molar-refractivity contribution in [2.24, 2.45) is 0 Å². The molecule has 0 amide bonds. The Morgan fingerprint density at radius 1 is 1.26 bits per heavy atom. The molecule has 6 nitrogen and oxygen atoms in total. The fourth-order valence-corrected chi connectivity index (χ4v) is 2.96. The lowest BCUT2D eigenvalue weighted by atomic mass is 9.89. The van der Waals surface area contributed by atoms with Crippen molar-refractivity contribution in [1.82, 2.24) is 15.1 Å². The molecule has 2 aliphatic rings. The van der Waals surface area contributed by atoms with Crippen LogP contribution in [0.2, 0.25) is 0 Å². The second kappa shape index (κ2) is 4.03. The minimum Gasteiger partial charge on any atom is -0.506 e. The predicted octanol–water partition coefficient (Wildman–Crippen LogP) is 1.87. The Morgan fingerprint density at radius 3 is 2.95 bits per heavy atom. The molecular formula is C13H13N3O3. The van der Waals surface area contributed by atoms with Crippen LogP contribution in [-0.4, -0.2) is 32.4 Å². The van der Waals surface area contributed by atoms with Crippen molar-refractivity contribution in [3.8, 4) is 17.2 Å². The molecule has 6 heteroatoms. The van der Waals surface area contributed by atoms with Crippen molar-refractivity contribution in [2.45, 2.75) is 37.4 Å². The van der Waals surface area contributed by atoms with Crippen LogP contribution < -0.4 is 0 Å². The van der Waals surface area contributed by atoms with Crippen LogP contribution in [-0.2, 0) is 4.74 Å². The predicted molar refractivity (Wildman–Crippen MR) is 64.4 cm³/mol. The average Bonchev–Trinajstić information content (AvgIpc) is 3.14. The van der Waals surface area contributed by atoms with E-state index in [0.717, 1.165) is 19.3 Å². The summed E-state index contributed by atoms with van der Waals surface area (Å²) in [4.78, 5) is 8.32. The van der Waals surface area contributed by atoms with Crippen LogP contribution in [0.4, 0.5) is 0 Å². The second-order valence-corrected chi connectivity index (χ2v) is 5.11. The van der Waals surface area contributed by atoms with Gasteiger partial charge in [0.05, 0.1) is 29.9 Å². The third-order valence-electron chi connectivity index (χ3n) is 3.85. The van der Waals surface area contributed by atoms with Crippen LogP contribution in [0.15, 0.2) is 23.0 Å². The molecule has 2 fully saturated rings. The molecule has 4 heterocycles. The zero-order valence-corrected chi connectivity index (χ0v) is 10.2. The first kappa shape index (κ1) is 10.9. The molecular weight excluding hydrogens is 246 g/mol. The van der Waals surface area contributed by atoms with Crippen LogP contribution in [0.5, 0.6) is 5.75 Å². The minimum absolute atomic E-state index is 0.0838. The van der Waals surface area contributed by atoms with E-state index in [4.69, 9.17) is 9.26 Å². The van der Waals surface area contributed by atoms with Crippen LogP contribution >= 0.6 is 0 Å². The topological polar surface area (TPSA) is 81.3 Å². The maximum atomic E-state index is 9.41. The maximum absolute atomic E-state index is 9.41. The SMILES string of the molecule is Oc1cncc(-c2nc(C3CC4CCC3O4)no2)c1. The van der Waals surface area contributed by atoms with Gasteiger partial charge in [0.25, 0.3) is 5.89 Å². The van der Waals surface area contributed by atoms with Gasteiger partial charge in [-0.1, -0.05) is 5.16 Å². The van der Waals surface area contributed by atoms with E-state index in [9.17, 15) is 5.11 Å². The molecule has 2 bridgehead atoms. The van der Waals surface area contributed by atoms with Gasteiger partial charge in [-0.15, -0.1) is 0 Å². The van der Waals surface area contributed by atoms with Crippen molar-refractivity contribution in [1.29, 1.82) is 0 Å². The van der Waals surface area contributed by atoms with Gasteiger partial charge in [0.1, 0.15) is 5.75 Å². The first-order valence-electron chi connectivity index (χ1n) is 6.43. The molecule has 2 aliphatic heterocycles. The number of fused-ring (bicyclic) bond motifs is 2. The Balaban J connectivity index is 1.63. The van der Waals surface area contributed by atoms with E-state index in [0.29, 0.717) is 23.4 Å². The van der Waals surface area contributed by atoms with E-state index in [1.807, 2.05) is 0 Å². The number of aromatic nitrogens is 3. The Bertz CT molecular complexity index is 613. The molecule has 0 aliphatic carbocycles. The van der Waals surface area contributed by atoms with Gasteiger partial charge in [0.2, 0.25) is 0 Å². The lowest BCUT2D eigenvalue weighted by molar-refractivity contribution is 0.0996. The zero-order valence-electron chi connectivity index (χ0n) is 10.2. The summed E-state index contributed by atoms with van der Waals surface area (Å²) in [5.74, 6) is 1.41. The molecule has 0 aromatic carbocycles. The van der Waals surface area contributed by atoms with Gasteiger partial charge >= 0.3 is 0 Å². The highest BCUT2D eigenvalue weighted by atomic mass is 16.5. The molecule has 2 aromatic rings. The highest BCUT2D eigenvalue weighted by molar-refractivity contribution is 5.53. The fourth-order valence-electron chi connectivity index (χ4n) is 2.96. The first-order chi connectivity index (χ1) is 9.29. The van der Waals surface area contributed by atoms with E-state index in [1.165, 1.54) is 6.20 Å². The van der Waals surface area contributed by atoms with Gasteiger partial charge in [0, 0.05) is 6.20 Å². The molecule has 4 rings (SSSR count). The van der Waals surface area contributed by atoms with Gasteiger partial charge in [-0.3, -0.25) is 4.98 Å². The third-order valence-corrected chi connectivity index (χ3v) is 3.85. The standard InChI is InChI=1S/C13H13N3O3/c17-8-3-7(5-14-6-8)13-15-12(16-19-13)10-4-9-1-2-11(10)18-9/h3,5-6,9-11,17H,1-2,4H2. The van der Waals surface area contributed by atoms with Crippen molar-refractivity contribution in [3.05, 3.63) is 24.3 Å². The van der Waals surface area contributed by atoms with Gasteiger partial charge in [-0.25, -0.2) is 0 Å². The summed E-state index contributed by atoms with van der Waals surface area (Å²) in [6.07, 6.45) is 6.74. The van der Waals surface area contributed by atoms with Crippen LogP contribution in [0.1, 0.15) is 31.0 Å². The highest BCUT2D eigenvalue weighted by Crippen LogP contribution is 2.43. The van der Waals surface area contributed by atoms with Crippen molar-refractivity contribution >= 4 is 0 Å². The summed E-state index contributed by atoms with van der Waals surface area (Å²) in [6, 6.07) is 1.56. The largest absolute Gasteiger partial charge is 0.506 e. The lowest BCUT2D eigenvalue weighted by Gasteiger charge is -2.13. The monoisotopic (exact) mass is 259 g/mol. The van der Waals surface area contributed by atoms with Crippen molar-refractivity contribution < 1.29 is 14.4 Å². The van der Waals surface area contributed by atoms with Gasteiger partial charge in [-0.05, 0) is 25.3 Å². The maximum Gasteiger partial charge on any atom is 0.259 e. The van der Waals surface area contributed by atoms with Crippen LogP contribution in [0.25, 0.3) is 11.5 Å². The highest BCUT2D eigenvalue weighted by Gasteiger charge is 2.43. The molecule has 3 atom stereocenters. The molecule has 0 spiro atoms. The Labute approximate surface area is 109 Å². The number of hydrogen-bond donors (Lipinski definition) is 1. The Morgan fingerprint density at radius 2 is 2.21 bits per heavy atom. The van der Waals surface area contributed by atoms with Crippen LogP contribution in [0, 0.1) is 0 Å². The van der Waals surface area contributed by atoms with E-state index in [-0.39, 0.29) is 17.8 Å². The Hall–Kier alpha value is -1.95. The number of ether oxygens (including phenoxy) is 1. The summed E-state index contributed by atoms with van der Waals surface area (Å²) in [5, 5.41) is 13.5. The number of rotatable bonds is 2. The lowest BCUT2D eigenvalue weighted by Crippen LogP contribution is -2.15. The molecule has 1 N–H and O–H groups in total. The van der Waals surface area contributed by atoms with E-state index < -0.39 is 0 Å². The molecule has 98 valence electrons. The third kappa shape index (κ3) is 1.79. The van der Waals surface area contributed by atoms with E-state index in [2.05, 4.69) is 15.1 Å². The number of pyridine rings is 1. The summed E-state index contributed by atoms with van der Waals surface area (Å²) < 4.78 is 11.1. The molecule has 2 saturated heterocycles. The minimum atomic E-state index is 0.0838. The van der Waals surface area contributed by atoms with Crippen molar-refractivity contribution in [3.63, 3.8) is 0 Å². The molecule has 2 aromatic heterocycles. The fraction of sp³-hybridized carbons (Fsp3) is 0.462. The smallest absolute Gasteiger partial charge is 0.259 e. The molecule has 19 heavy (non-hydrogen) atoms. The number of nitrogens with zero attached hydrogens (tertiary/aromatic N) is 3. The number of aromatic hydroxyl groups is 1. The average molecular weight is 259 g/mol. The van der Waals surface area contributed by atoms with Crippen LogP contribution in [0.3, 0.4) is 0 Å². The number of hydrogen-bond acceptors (Lipinski definition) is 6. The summed E-state index contributed by atoms with van der Waals surface area (Å²) in [6.45, 7) is 0.